The van der Waals surface area contributed by atoms with Gasteiger partial charge in [0.15, 0.2) is 16.8 Å². The Hall–Kier alpha value is -2.01. The fourth-order valence-electron chi connectivity index (χ4n) is 2.55. The third-order valence-corrected chi connectivity index (χ3v) is 5.81. The van der Waals surface area contributed by atoms with E-state index in [4.69, 9.17) is 4.63 Å². The summed E-state index contributed by atoms with van der Waals surface area (Å²) in [7, 11) is 1.99. The lowest BCUT2D eigenvalue weighted by atomic mass is 10.4. The fraction of sp³-hybridized carbons (Fsp3) is 0.500. The van der Waals surface area contributed by atoms with Crippen LogP contribution in [-0.4, -0.2) is 66.7 Å². The van der Waals surface area contributed by atoms with Crippen molar-refractivity contribution in [2.24, 2.45) is 7.05 Å². The molecule has 1 saturated heterocycles. The van der Waals surface area contributed by atoms with Gasteiger partial charge in [0.05, 0.1) is 0 Å². The molecule has 0 amide bonds. The minimum Gasteiger partial charge on any atom is -0.366 e. The van der Waals surface area contributed by atoms with Crippen LogP contribution in [0, 0.1) is 0 Å². The van der Waals surface area contributed by atoms with E-state index < -0.39 is 0 Å². The van der Waals surface area contributed by atoms with E-state index in [1.54, 1.807) is 18.0 Å². The Balaban J connectivity index is 1.47. The number of rotatable bonds is 6. The first-order valence-corrected chi connectivity index (χ1v) is 10.1. The molecule has 1 N–H and O–H groups in total. The van der Waals surface area contributed by atoms with Crippen LogP contribution in [0.4, 0.5) is 11.6 Å². The minimum absolute atomic E-state index is 0.425. The van der Waals surface area contributed by atoms with Crippen molar-refractivity contribution in [2.75, 3.05) is 47.1 Å². The van der Waals surface area contributed by atoms with E-state index in [0.29, 0.717) is 11.3 Å². The number of nitrogens with zero attached hydrogens (tertiary/aromatic N) is 7. The molecule has 0 atom stereocenters. The molecule has 3 aromatic heterocycles. The number of hydrogen-bond donors (Lipinski definition) is 1. The first kappa shape index (κ1) is 16.5. The van der Waals surface area contributed by atoms with Crippen molar-refractivity contribution in [1.29, 1.82) is 0 Å². The van der Waals surface area contributed by atoms with E-state index in [1.807, 2.05) is 29.6 Å². The SMILES string of the molecule is Cn1ccnc1SCCNc1nc2nonc2nc1N1CCSCC1. The van der Waals surface area contributed by atoms with Crippen molar-refractivity contribution in [3.63, 3.8) is 0 Å². The zero-order valence-corrected chi connectivity index (χ0v) is 15.4. The molecule has 9 nitrogen and oxygen atoms in total. The van der Waals surface area contributed by atoms with Gasteiger partial charge < -0.3 is 14.8 Å². The molecule has 11 heteroatoms. The average Bonchev–Trinajstić information content (AvgIpc) is 3.27. The molecule has 4 rings (SSSR count). The third kappa shape index (κ3) is 3.66. The Labute approximate surface area is 152 Å². The quantitative estimate of drug-likeness (QED) is 0.502. The van der Waals surface area contributed by atoms with Gasteiger partial charge in [-0.3, -0.25) is 0 Å². The first-order chi connectivity index (χ1) is 12.3. The van der Waals surface area contributed by atoms with Crippen LogP contribution in [0.1, 0.15) is 0 Å². The van der Waals surface area contributed by atoms with Gasteiger partial charge in [-0.05, 0) is 10.3 Å². The van der Waals surface area contributed by atoms with Crippen LogP contribution in [0.5, 0.6) is 0 Å². The van der Waals surface area contributed by atoms with Crippen LogP contribution in [0.2, 0.25) is 0 Å². The maximum Gasteiger partial charge on any atom is 0.245 e. The Morgan fingerprint density at radius 3 is 2.80 bits per heavy atom. The van der Waals surface area contributed by atoms with Crippen molar-refractivity contribution in [2.45, 2.75) is 5.16 Å². The summed E-state index contributed by atoms with van der Waals surface area (Å²) in [5.41, 5.74) is 0.871. The zero-order valence-electron chi connectivity index (χ0n) is 13.8. The average molecular weight is 378 g/mol. The Morgan fingerprint density at radius 1 is 1.24 bits per heavy atom. The van der Waals surface area contributed by atoms with Crippen molar-refractivity contribution < 1.29 is 4.63 Å². The van der Waals surface area contributed by atoms with Gasteiger partial charge in [-0.15, -0.1) is 0 Å². The zero-order chi connectivity index (χ0) is 17.1. The van der Waals surface area contributed by atoms with E-state index >= 15 is 0 Å². The van der Waals surface area contributed by atoms with Gasteiger partial charge in [-0.2, -0.15) is 11.8 Å². The largest absolute Gasteiger partial charge is 0.366 e. The molecule has 0 bridgehead atoms. The maximum absolute atomic E-state index is 4.76. The van der Waals surface area contributed by atoms with E-state index in [1.165, 1.54) is 0 Å². The van der Waals surface area contributed by atoms with Crippen LogP contribution < -0.4 is 10.2 Å². The number of anilines is 2. The Bertz CT molecular complexity index is 844. The number of aromatic nitrogens is 6. The number of hydrogen-bond acceptors (Lipinski definition) is 10. The van der Waals surface area contributed by atoms with Crippen molar-refractivity contribution in [3.8, 4) is 0 Å². The second-order valence-corrected chi connectivity index (χ2v) is 7.79. The first-order valence-electron chi connectivity index (χ1n) is 7.98. The number of thioether (sulfide) groups is 2. The minimum atomic E-state index is 0.425. The van der Waals surface area contributed by atoms with E-state index in [9.17, 15) is 0 Å². The van der Waals surface area contributed by atoms with Crippen LogP contribution >= 0.6 is 23.5 Å². The summed E-state index contributed by atoms with van der Waals surface area (Å²) in [5, 5.41) is 12.0. The summed E-state index contributed by atoms with van der Waals surface area (Å²) in [6, 6.07) is 0. The van der Waals surface area contributed by atoms with Gasteiger partial charge in [0, 0.05) is 56.3 Å². The lowest BCUT2D eigenvalue weighted by Crippen LogP contribution is -2.34. The van der Waals surface area contributed by atoms with Gasteiger partial charge >= 0.3 is 0 Å². The molecule has 0 radical (unpaired) electrons. The number of nitrogens with one attached hydrogen (secondary N) is 1. The molecule has 0 aromatic carbocycles. The number of imidazole rings is 1. The predicted molar refractivity (Wildman–Crippen MR) is 99.4 cm³/mol. The highest BCUT2D eigenvalue weighted by atomic mass is 32.2. The predicted octanol–water partition coefficient (Wildman–Crippen LogP) is 1.50. The summed E-state index contributed by atoms with van der Waals surface area (Å²) in [6.07, 6.45) is 3.75. The Kier molecular flexibility index (Phi) is 4.92. The Morgan fingerprint density at radius 2 is 2.04 bits per heavy atom. The highest BCUT2D eigenvalue weighted by Crippen LogP contribution is 2.26. The fourth-order valence-corrected chi connectivity index (χ4v) is 4.24. The lowest BCUT2D eigenvalue weighted by Gasteiger charge is -2.28. The van der Waals surface area contributed by atoms with Crippen molar-refractivity contribution in [1.82, 2.24) is 29.8 Å². The molecule has 1 aliphatic rings. The molecular formula is C14H18N8OS2. The van der Waals surface area contributed by atoms with Crippen molar-refractivity contribution >= 4 is 46.5 Å². The van der Waals surface area contributed by atoms with E-state index in [-0.39, 0.29) is 0 Å². The van der Waals surface area contributed by atoms with Gasteiger partial charge in [0.2, 0.25) is 11.3 Å². The van der Waals surface area contributed by atoms with Gasteiger partial charge in [0.25, 0.3) is 0 Å². The molecule has 0 saturated carbocycles. The smallest absolute Gasteiger partial charge is 0.245 e. The molecular weight excluding hydrogens is 360 g/mol. The van der Waals surface area contributed by atoms with Gasteiger partial charge in [-0.25, -0.2) is 19.6 Å². The molecule has 25 heavy (non-hydrogen) atoms. The molecule has 1 fully saturated rings. The van der Waals surface area contributed by atoms with E-state index in [0.717, 1.165) is 53.7 Å². The van der Waals surface area contributed by atoms with Crippen LogP contribution in [0.15, 0.2) is 22.2 Å². The van der Waals surface area contributed by atoms with Crippen LogP contribution in [0.3, 0.4) is 0 Å². The maximum atomic E-state index is 4.76. The summed E-state index contributed by atoms with van der Waals surface area (Å²) in [4.78, 5) is 15.7. The second kappa shape index (κ2) is 7.48. The molecule has 132 valence electrons. The highest BCUT2D eigenvalue weighted by molar-refractivity contribution is 7.99. The second-order valence-electron chi connectivity index (χ2n) is 5.50. The van der Waals surface area contributed by atoms with E-state index in [2.05, 4.69) is 35.5 Å². The summed E-state index contributed by atoms with van der Waals surface area (Å²) < 4.78 is 6.77. The van der Waals surface area contributed by atoms with Crippen LogP contribution in [0.25, 0.3) is 11.3 Å². The topological polar surface area (TPSA) is 97.8 Å². The molecule has 1 aliphatic heterocycles. The normalized spacial score (nSPS) is 15.0. The van der Waals surface area contributed by atoms with Crippen molar-refractivity contribution in [3.05, 3.63) is 12.4 Å². The van der Waals surface area contributed by atoms with Gasteiger partial charge in [0.1, 0.15) is 0 Å². The monoisotopic (exact) mass is 378 g/mol. The third-order valence-electron chi connectivity index (χ3n) is 3.81. The molecule has 0 aliphatic carbocycles. The summed E-state index contributed by atoms with van der Waals surface area (Å²) in [6.45, 7) is 2.65. The summed E-state index contributed by atoms with van der Waals surface area (Å²) >= 11 is 3.65. The number of aryl methyl sites for hydroxylation is 1. The molecule has 0 spiro atoms. The highest BCUT2D eigenvalue weighted by Gasteiger charge is 2.20. The molecule has 3 aromatic rings. The molecule has 0 unspecified atom stereocenters. The molecule has 4 heterocycles. The van der Waals surface area contributed by atoms with Gasteiger partial charge in [-0.1, -0.05) is 11.8 Å². The summed E-state index contributed by atoms with van der Waals surface area (Å²) in [5.74, 6) is 4.61. The number of fused-ring (bicyclic) bond motifs is 1. The van der Waals surface area contributed by atoms with Crippen LogP contribution in [-0.2, 0) is 7.05 Å². The standard InChI is InChI=1S/C14H18N8OS2/c1-21-4-2-16-14(21)25-7-3-15-12-13(22-5-8-24-9-6-22)18-11-10(17-12)19-23-20-11/h2,4H,3,5-9H2,1H3,(H,15,17,19). The lowest BCUT2D eigenvalue weighted by molar-refractivity contribution is 0.314.